The van der Waals surface area contributed by atoms with Gasteiger partial charge in [0.15, 0.2) is 0 Å². The van der Waals surface area contributed by atoms with Crippen molar-refractivity contribution < 1.29 is 4.74 Å². The molecule has 7 heteroatoms. The van der Waals surface area contributed by atoms with Crippen LogP contribution in [0.1, 0.15) is 44.2 Å². The number of halogens is 1. The van der Waals surface area contributed by atoms with E-state index in [1.807, 2.05) is 10.6 Å². The van der Waals surface area contributed by atoms with Crippen LogP contribution in [-0.4, -0.2) is 31.1 Å². The van der Waals surface area contributed by atoms with E-state index < -0.39 is 0 Å². The number of aryl methyl sites for hydroxylation is 1. The Morgan fingerprint density at radius 1 is 1.41 bits per heavy atom. The minimum atomic E-state index is -0.0405. The molecule has 0 N–H and O–H groups in total. The predicted octanol–water partition coefficient (Wildman–Crippen LogP) is 2.61. The van der Waals surface area contributed by atoms with Gasteiger partial charge in [-0.3, -0.25) is 4.79 Å². The maximum atomic E-state index is 13.4. The van der Waals surface area contributed by atoms with Gasteiger partial charge in [-0.2, -0.15) is 0 Å². The highest BCUT2D eigenvalue weighted by Gasteiger charge is 2.33. The lowest BCUT2D eigenvalue weighted by atomic mass is 9.87. The highest BCUT2D eigenvalue weighted by atomic mass is 35.5. The summed E-state index contributed by atoms with van der Waals surface area (Å²) in [6.45, 7) is 2.90. The average molecular weight is 386 g/mol. The molecule has 1 saturated carbocycles. The van der Waals surface area contributed by atoms with Crippen LogP contribution in [0.25, 0.3) is 0 Å². The van der Waals surface area contributed by atoms with Crippen molar-refractivity contribution >= 4 is 36.4 Å². The van der Waals surface area contributed by atoms with Gasteiger partial charge in [0.2, 0.25) is 5.82 Å². The molecule has 1 aliphatic carbocycles. The Morgan fingerprint density at radius 2 is 2.19 bits per heavy atom. The Kier molecular flexibility index (Phi) is 4.93. The maximum Gasteiger partial charge on any atom is 0.294 e. The van der Waals surface area contributed by atoms with Crippen LogP contribution in [0.4, 0.5) is 11.5 Å². The first-order chi connectivity index (χ1) is 13.0. The number of hydrogen-bond donors (Lipinski definition) is 0. The van der Waals surface area contributed by atoms with Gasteiger partial charge in [-0.25, -0.2) is 4.98 Å². The molecule has 1 aromatic carbocycles. The molecule has 1 atom stereocenters. The first-order valence-corrected chi connectivity index (χ1v) is 10.1. The standard InChI is InChI=1S/C20H25BClN3O2/c1-3-16(12-6-7-12)25-11-17(22)23-19(20(25)26)24-8-4-5-13-9-14(27-2)10-15(21)18(13)24/h9-12,16H,3-8,21H2,1-2H3/t16-/m1/s1. The van der Waals surface area contributed by atoms with Gasteiger partial charge in [0.25, 0.3) is 5.56 Å². The fourth-order valence-electron chi connectivity index (χ4n) is 4.39. The Balaban J connectivity index is 1.84. The Morgan fingerprint density at radius 3 is 2.85 bits per heavy atom. The number of nitrogens with zero attached hydrogens (tertiary/aromatic N) is 3. The summed E-state index contributed by atoms with van der Waals surface area (Å²) in [5.41, 5.74) is 3.31. The number of anilines is 2. The lowest BCUT2D eigenvalue weighted by Crippen LogP contribution is -2.37. The minimum Gasteiger partial charge on any atom is -0.497 e. The van der Waals surface area contributed by atoms with Crippen LogP contribution >= 0.6 is 11.6 Å². The molecule has 1 fully saturated rings. The fraction of sp³-hybridized carbons (Fsp3) is 0.500. The van der Waals surface area contributed by atoms with Crippen molar-refractivity contribution in [2.75, 3.05) is 18.6 Å². The van der Waals surface area contributed by atoms with Crippen molar-refractivity contribution in [3.8, 4) is 5.75 Å². The second-order valence-electron chi connectivity index (χ2n) is 7.62. The van der Waals surface area contributed by atoms with Gasteiger partial charge < -0.3 is 14.2 Å². The zero-order valence-corrected chi connectivity index (χ0v) is 16.9. The second-order valence-corrected chi connectivity index (χ2v) is 8.01. The topological polar surface area (TPSA) is 47.4 Å². The molecule has 142 valence electrons. The predicted molar refractivity (Wildman–Crippen MR) is 112 cm³/mol. The first-order valence-electron chi connectivity index (χ1n) is 9.77. The van der Waals surface area contributed by atoms with Gasteiger partial charge in [0.1, 0.15) is 18.7 Å². The minimum absolute atomic E-state index is 0.0405. The SMILES string of the molecule is Bc1cc(OC)cc2c1N(c1nc(Cl)cn([C@H](CC)C3CC3)c1=O)CCC2. The van der Waals surface area contributed by atoms with Crippen molar-refractivity contribution in [1.29, 1.82) is 0 Å². The molecule has 0 unspecified atom stereocenters. The Hall–Kier alpha value is -1.95. The summed E-state index contributed by atoms with van der Waals surface area (Å²) in [5.74, 6) is 1.87. The Labute approximate surface area is 165 Å². The number of rotatable bonds is 5. The van der Waals surface area contributed by atoms with E-state index in [0.29, 0.717) is 16.9 Å². The lowest BCUT2D eigenvalue weighted by molar-refractivity contribution is 0.414. The molecule has 5 nitrogen and oxygen atoms in total. The van der Waals surface area contributed by atoms with Crippen LogP contribution in [-0.2, 0) is 6.42 Å². The molecule has 0 radical (unpaired) electrons. The normalized spacial score (nSPS) is 17.5. The van der Waals surface area contributed by atoms with Crippen LogP contribution in [0.3, 0.4) is 0 Å². The largest absolute Gasteiger partial charge is 0.497 e. The number of fused-ring (bicyclic) bond motifs is 1. The van der Waals surface area contributed by atoms with Crippen LogP contribution in [0, 0.1) is 5.92 Å². The lowest BCUT2D eigenvalue weighted by Gasteiger charge is -2.32. The molecule has 1 aromatic heterocycles. The molecule has 4 rings (SSSR count). The number of aromatic nitrogens is 2. The third kappa shape index (κ3) is 3.36. The quantitative estimate of drug-likeness (QED) is 0.742. The zero-order valence-electron chi connectivity index (χ0n) is 16.2. The summed E-state index contributed by atoms with van der Waals surface area (Å²) >= 11 is 6.36. The van der Waals surface area contributed by atoms with E-state index >= 15 is 0 Å². The van der Waals surface area contributed by atoms with Gasteiger partial charge in [-0.1, -0.05) is 24.0 Å². The summed E-state index contributed by atoms with van der Waals surface area (Å²) in [4.78, 5) is 19.9. The molecule has 1 aliphatic heterocycles. The van der Waals surface area contributed by atoms with Crippen LogP contribution < -0.4 is 20.7 Å². The number of ether oxygens (including phenoxy) is 1. The third-order valence-corrected chi connectivity index (χ3v) is 5.95. The van der Waals surface area contributed by atoms with Crippen molar-refractivity contribution in [2.24, 2.45) is 5.92 Å². The number of benzene rings is 1. The van der Waals surface area contributed by atoms with Gasteiger partial charge in [0, 0.05) is 24.5 Å². The summed E-state index contributed by atoms with van der Waals surface area (Å²) in [7, 11) is 3.74. The molecule has 2 aliphatic rings. The number of methoxy groups -OCH3 is 1. The van der Waals surface area contributed by atoms with Crippen LogP contribution in [0.15, 0.2) is 23.1 Å². The van der Waals surface area contributed by atoms with E-state index in [1.165, 1.54) is 18.4 Å². The van der Waals surface area contributed by atoms with E-state index in [1.54, 1.807) is 13.3 Å². The van der Waals surface area contributed by atoms with Gasteiger partial charge in [-0.15, -0.1) is 0 Å². The zero-order chi connectivity index (χ0) is 19.1. The van der Waals surface area contributed by atoms with Crippen LogP contribution in [0.2, 0.25) is 5.15 Å². The molecule has 2 aromatic rings. The number of hydrogen-bond acceptors (Lipinski definition) is 4. The summed E-state index contributed by atoms with van der Waals surface area (Å²) in [6.07, 6.45) is 6.95. The third-order valence-electron chi connectivity index (χ3n) is 5.77. The molecule has 2 heterocycles. The monoisotopic (exact) mass is 385 g/mol. The van der Waals surface area contributed by atoms with Crippen molar-refractivity contribution in [2.45, 2.75) is 45.1 Å². The van der Waals surface area contributed by atoms with E-state index in [-0.39, 0.29) is 11.6 Å². The molecule has 0 bridgehead atoms. The first kappa shape index (κ1) is 18.4. The highest BCUT2D eigenvalue weighted by molar-refractivity contribution is 6.36. The molecular formula is C20H25BClN3O2. The highest BCUT2D eigenvalue weighted by Crippen LogP contribution is 2.41. The fourth-order valence-corrected chi connectivity index (χ4v) is 4.57. The molecule has 27 heavy (non-hydrogen) atoms. The molecular weight excluding hydrogens is 361 g/mol. The van der Waals surface area contributed by atoms with Crippen molar-refractivity contribution in [3.05, 3.63) is 39.4 Å². The van der Waals surface area contributed by atoms with Crippen molar-refractivity contribution in [3.63, 3.8) is 0 Å². The summed E-state index contributed by atoms with van der Waals surface area (Å²) in [5, 5.41) is 0.377. The van der Waals surface area contributed by atoms with E-state index in [2.05, 4.69) is 30.7 Å². The van der Waals surface area contributed by atoms with E-state index in [0.717, 1.165) is 42.7 Å². The second kappa shape index (κ2) is 7.23. The van der Waals surface area contributed by atoms with Gasteiger partial charge >= 0.3 is 0 Å². The summed E-state index contributed by atoms with van der Waals surface area (Å²) < 4.78 is 7.25. The Bertz CT molecular complexity index is 926. The molecule has 0 spiro atoms. The van der Waals surface area contributed by atoms with Gasteiger partial charge in [-0.05, 0) is 55.7 Å². The van der Waals surface area contributed by atoms with Crippen LogP contribution in [0.5, 0.6) is 5.75 Å². The van der Waals surface area contributed by atoms with E-state index in [9.17, 15) is 4.79 Å². The van der Waals surface area contributed by atoms with E-state index in [4.69, 9.17) is 16.3 Å². The van der Waals surface area contributed by atoms with Crippen molar-refractivity contribution in [1.82, 2.24) is 9.55 Å². The average Bonchev–Trinajstić information content (AvgIpc) is 3.49. The summed E-state index contributed by atoms with van der Waals surface area (Å²) in [6, 6.07) is 4.29. The smallest absolute Gasteiger partial charge is 0.294 e. The maximum absolute atomic E-state index is 13.4. The molecule has 0 amide bonds. The molecule has 0 saturated heterocycles. The van der Waals surface area contributed by atoms with Gasteiger partial charge in [0.05, 0.1) is 7.11 Å².